The van der Waals surface area contributed by atoms with Crippen molar-refractivity contribution in [3.63, 3.8) is 0 Å². The highest BCUT2D eigenvalue weighted by molar-refractivity contribution is 7.28. The van der Waals surface area contributed by atoms with Crippen molar-refractivity contribution in [2.24, 2.45) is 0 Å². The molecule has 0 amide bonds. The van der Waals surface area contributed by atoms with Gasteiger partial charge in [0.15, 0.2) is 0 Å². The first-order valence-corrected chi connectivity index (χ1v) is 11.5. The molecule has 29 heavy (non-hydrogen) atoms. The zero-order valence-corrected chi connectivity index (χ0v) is 20.8. The average Bonchev–Trinajstić information content (AvgIpc) is 3.12. The lowest BCUT2D eigenvalue weighted by Crippen LogP contribution is -2.57. The molecule has 0 spiro atoms. The van der Waals surface area contributed by atoms with E-state index in [0.29, 0.717) is 0 Å². The number of hydrogen-bond donors (Lipinski definition) is 0. The topological polar surface area (TPSA) is 18.5 Å². The van der Waals surface area contributed by atoms with Gasteiger partial charge >= 0.3 is 7.12 Å². The molecule has 4 rings (SSSR count). The second-order valence-electron chi connectivity index (χ2n) is 9.58. The summed E-state index contributed by atoms with van der Waals surface area (Å²) in [7, 11) is 12.8. The standard InChI is InChI=1S/C18H24B7ClO2S/c1-17(2)18(3,4)28-25(27-17)13-10(22)8(20)5-6-7(19)9(21)11(23)14(26)16(6)29-15(5)12(13)24/h19-24H2,1-4H3. The smallest absolute Gasteiger partial charge is 0.399 e. The van der Waals surface area contributed by atoms with Crippen LogP contribution in [-0.2, 0) is 9.31 Å². The lowest BCUT2D eigenvalue weighted by Gasteiger charge is -2.32. The number of thiophene rings is 1. The largest absolute Gasteiger partial charge is 0.493 e. The Balaban J connectivity index is 2.08. The molecule has 1 aliphatic rings. The molecule has 2 aromatic carbocycles. The minimum Gasteiger partial charge on any atom is -0.399 e. The summed E-state index contributed by atoms with van der Waals surface area (Å²) in [4.78, 5) is 0. The van der Waals surface area contributed by atoms with Gasteiger partial charge in [-0.3, -0.25) is 0 Å². The summed E-state index contributed by atoms with van der Waals surface area (Å²) in [5, 5.41) is 3.53. The van der Waals surface area contributed by atoms with Gasteiger partial charge in [0, 0.05) is 4.70 Å². The highest BCUT2D eigenvalue weighted by Gasteiger charge is 2.52. The van der Waals surface area contributed by atoms with Crippen LogP contribution in [0.1, 0.15) is 27.7 Å². The maximum absolute atomic E-state index is 6.82. The number of hydrogen-bond acceptors (Lipinski definition) is 3. The maximum Gasteiger partial charge on any atom is 0.493 e. The SMILES string of the molecule is Bc1c(B)c(B)c2c(sc3c(B)c(B4OC(C)(C)C(C)(C)O4)c(B)c(B)c32)c1Cl. The predicted octanol–water partition coefficient (Wildman–Crippen LogP) is -5.44. The number of halogens is 1. The van der Waals surface area contributed by atoms with Crippen molar-refractivity contribution in [3.05, 3.63) is 5.02 Å². The van der Waals surface area contributed by atoms with Crippen molar-refractivity contribution in [1.82, 2.24) is 0 Å². The van der Waals surface area contributed by atoms with E-state index in [1.807, 2.05) is 0 Å². The summed E-state index contributed by atoms with van der Waals surface area (Å²) in [5.74, 6) is 0. The van der Waals surface area contributed by atoms with Gasteiger partial charge in [-0.25, -0.2) is 0 Å². The van der Waals surface area contributed by atoms with Crippen LogP contribution in [0.25, 0.3) is 20.2 Å². The molecule has 0 saturated carbocycles. The van der Waals surface area contributed by atoms with Crippen LogP contribution < -0.4 is 38.2 Å². The first kappa shape index (κ1) is 21.6. The molecule has 0 N–H and O–H groups in total. The first-order valence-electron chi connectivity index (χ1n) is 10.3. The molecule has 2 heterocycles. The second kappa shape index (κ2) is 6.66. The third-order valence-electron chi connectivity index (χ3n) is 7.51. The Bertz CT molecular complexity index is 1190. The van der Waals surface area contributed by atoms with Crippen molar-refractivity contribution in [2.45, 2.75) is 38.9 Å². The molecule has 3 aromatic rings. The lowest BCUT2D eigenvalue weighted by molar-refractivity contribution is 0.00578. The van der Waals surface area contributed by atoms with Crippen LogP contribution in [0, 0.1) is 0 Å². The third-order valence-corrected chi connectivity index (χ3v) is 9.42. The third kappa shape index (κ3) is 2.86. The molecular formula is C18H24B7ClO2S. The Morgan fingerprint density at radius 1 is 0.690 bits per heavy atom. The molecule has 11 heteroatoms. The van der Waals surface area contributed by atoms with Gasteiger partial charge in [0.05, 0.1) is 20.9 Å². The molecule has 142 valence electrons. The summed E-state index contributed by atoms with van der Waals surface area (Å²) in [6, 6.07) is 0. The molecule has 1 fully saturated rings. The summed E-state index contributed by atoms with van der Waals surface area (Å²) in [6.07, 6.45) is 0. The van der Waals surface area contributed by atoms with Gasteiger partial charge in [0.1, 0.15) is 47.1 Å². The van der Waals surface area contributed by atoms with E-state index in [1.165, 1.54) is 58.4 Å². The van der Waals surface area contributed by atoms with Crippen LogP contribution >= 0.6 is 22.9 Å². The summed E-state index contributed by atoms with van der Waals surface area (Å²) in [6.45, 7) is 8.43. The van der Waals surface area contributed by atoms with E-state index < -0.39 is 0 Å². The Morgan fingerprint density at radius 3 is 1.72 bits per heavy atom. The van der Waals surface area contributed by atoms with Gasteiger partial charge in [0.25, 0.3) is 0 Å². The van der Waals surface area contributed by atoms with Gasteiger partial charge in [-0.1, -0.05) is 44.4 Å². The molecule has 1 aliphatic heterocycles. The molecule has 1 saturated heterocycles. The lowest BCUT2D eigenvalue weighted by atomic mass is 9.60. The summed E-state index contributed by atoms with van der Waals surface area (Å²) >= 11 is 8.63. The molecule has 0 unspecified atom stereocenters. The highest BCUT2D eigenvalue weighted by Crippen LogP contribution is 2.37. The maximum atomic E-state index is 6.82. The fourth-order valence-electron chi connectivity index (χ4n) is 4.48. The molecule has 0 bridgehead atoms. The Morgan fingerprint density at radius 2 is 1.17 bits per heavy atom. The average molecular weight is 416 g/mol. The van der Waals surface area contributed by atoms with Crippen molar-refractivity contribution < 1.29 is 9.31 Å². The van der Waals surface area contributed by atoms with Crippen LogP contribution in [0.4, 0.5) is 0 Å². The number of rotatable bonds is 1. The van der Waals surface area contributed by atoms with E-state index in [1.54, 1.807) is 11.3 Å². The zero-order valence-electron chi connectivity index (χ0n) is 19.2. The van der Waals surface area contributed by atoms with Crippen LogP contribution in [0.5, 0.6) is 0 Å². The molecule has 0 atom stereocenters. The van der Waals surface area contributed by atoms with Gasteiger partial charge in [-0.15, -0.1) is 11.3 Å². The van der Waals surface area contributed by atoms with Crippen LogP contribution in [0.2, 0.25) is 5.02 Å². The van der Waals surface area contributed by atoms with Crippen molar-refractivity contribution in [1.29, 1.82) is 0 Å². The van der Waals surface area contributed by atoms with E-state index in [9.17, 15) is 0 Å². The van der Waals surface area contributed by atoms with Gasteiger partial charge < -0.3 is 9.31 Å². The first-order chi connectivity index (χ1) is 13.3. The summed E-state index contributed by atoms with van der Waals surface area (Å²) in [5.41, 5.74) is 8.05. The molecule has 0 radical (unpaired) electrons. The molecule has 1 aromatic heterocycles. The normalized spacial score (nSPS) is 18.2. The van der Waals surface area contributed by atoms with Crippen molar-refractivity contribution in [3.8, 4) is 0 Å². The number of benzene rings is 2. The molecule has 2 nitrogen and oxygen atoms in total. The van der Waals surface area contributed by atoms with Gasteiger partial charge in [-0.2, -0.15) is 0 Å². The van der Waals surface area contributed by atoms with Crippen molar-refractivity contribution in [2.75, 3.05) is 0 Å². The van der Waals surface area contributed by atoms with Crippen LogP contribution in [0.3, 0.4) is 0 Å². The zero-order chi connectivity index (χ0) is 21.6. The van der Waals surface area contributed by atoms with E-state index in [0.717, 1.165) is 5.02 Å². The predicted molar refractivity (Wildman–Crippen MR) is 149 cm³/mol. The Labute approximate surface area is 188 Å². The summed E-state index contributed by atoms with van der Waals surface area (Å²) < 4.78 is 15.4. The highest BCUT2D eigenvalue weighted by atomic mass is 35.5. The van der Waals surface area contributed by atoms with E-state index in [-0.39, 0.29) is 18.3 Å². The second-order valence-corrected chi connectivity index (χ2v) is 11.0. The van der Waals surface area contributed by atoms with Crippen LogP contribution in [0.15, 0.2) is 0 Å². The van der Waals surface area contributed by atoms with Crippen molar-refractivity contribution >= 4 is 136 Å². The number of fused-ring (bicyclic) bond motifs is 3. The van der Waals surface area contributed by atoms with Gasteiger partial charge in [-0.05, 0) is 43.9 Å². The fourth-order valence-corrected chi connectivity index (χ4v) is 6.25. The molecular weight excluding hydrogens is 391 g/mol. The van der Waals surface area contributed by atoms with E-state index in [2.05, 4.69) is 74.8 Å². The Kier molecular flexibility index (Phi) is 4.95. The minimum absolute atomic E-state index is 0.353. The Hall–Kier alpha value is -0.675. The van der Waals surface area contributed by atoms with Gasteiger partial charge in [0.2, 0.25) is 0 Å². The minimum atomic E-state index is -0.353. The fraction of sp³-hybridized carbons (Fsp3) is 0.333. The molecule has 0 aliphatic carbocycles. The van der Waals surface area contributed by atoms with Crippen LogP contribution in [-0.4, -0.2) is 65.4 Å². The quantitative estimate of drug-likeness (QED) is 0.370. The monoisotopic (exact) mass is 416 g/mol. The van der Waals surface area contributed by atoms with E-state index >= 15 is 0 Å². The van der Waals surface area contributed by atoms with E-state index in [4.69, 9.17) is 20.9 Å².